The van der Waals surface area contributed by atoms with E-state index in [9.17, 15) is 14.0 Å². The summed E-state index contributed by atoms with van der Waals surface area (Å²) >= 11 is 0. The molecule has 1 aromatic carbocycles. The summed E-state index contributed by atoms with van der Waals surface area (Å²) in [6, 6.07) is 2.61. The fourth-order valence-corrected chi connectivity index (χ4v) is 1.10. The molecule has 92 valence electrons. The van der Waals surface area contributed by atoms with E-state index in [4.69, 9.17) is 10.8 Å². The van der Waals surface area contributed by atoms with Gasteiger partial charge in [-0.25, -0.2) is 14.0 Å². The zero-order valence-corrected chi connectivity index (χ0v) is 8.87. The summed E-state index contributed by atoms with van der Waals surface area (Å²) in [7, 11) is 0. The number of urea groups is 1. The summed E-state index contributed by atoms with van der Waals surface area (Å²) in [6.45, 7) is 0.536. The minimum atomic E-state index is -1.23. The molecule has 0 radical (unpaired) electrons. The maximum Gasteiger partial charge on any atom is 0.335 e. The first kappa shape index (κ1) is 12.9. The van der Waals surface area contributed by atoms with Gasteiger partial charge in [0, 0.05) is 13.1 Å². The third-order valence-corrected chi connectivity index (χ3v) is 1.89. The molecule has 17 heavy (non-hydrogen) atoms. The number of carbonyl (C=O) groups excluding carboxylic acids is 1. The lowest BCUT2D eigenvalue weighted by Crippen LogP contribution is -2.33. The Morgan fingerprint density at radius 2 is 2.12 bits per heavy atom. The van der Waals surface area contributed by atoms with Crippen molar-refractivity contribution in [3.8, 4) is 0 Å². The number of anilines is 1. The summed E-state index contributed by atoms with van der Waals surface area (Å²) in [5.74, 6) is -2.05. The second-order valence-corrected chi connectivity index (χ2v) is 3.17. The fourth-order valence-electron chi connectivity index (χ4n) is 1.10. The summed E-state index contributed by atoms with van der Waals surface area (Å²) in [5, 5.41) is 13.2. The summed E-state index contributed by atoms with van der Waals surface area (Å²) in [6.07, 6.45) is 0. The molecule has 0 aliphatic rings. The first-order valence-corrected chi connectivity index (χ1v) is 4.82. The molecule has 0 aromatic heterocycles. The summed E-state index contributed by atoms with van der Waals surface area (Å²) in [5.41, 5.74) is 4.89. The van der Waals surface area contributed by atoms with Crippen molar-refractivity contribution in [3.63, 3.8) is 0 Å². The van der Waals surface area contributed by atoms with Crippen molar-refractivity contribution in [3.05, 3.63) is 29.6 Å². The zero-order valence-electron chi connectivity index (χ0n) is 8.87. The van der Waals surface area contributed by atoms with Gasteiger partial charge in [-0.1, -0.05) is 0 Å². The minimum absolute atomic E-state index is 0.0930. The predicted octanol–water partition coefficient (Wildman–Crippen LogP) is 0.604. The van der Waals surface area contributed by atoms with Crippen LogP contribution in [-0.2, 0) is 0 Å². The molecule has 0 fully saturated rings. The zero-order chi connectivity index (χ0) is 12.8. The van der Waals surface area contributed by atoms with Crippen molar-refractivity contribution in [2.45, 2.75) is 0 Å². The Balaban J connectivity index is 2.72. The van der Waals surface area contributed by atoms with Gasteiger partial charge in [0.05, 0.1) is 11.3 Å². The monoisotopic (exact) mass is 241 g/mol. The van der Waals surface area contributed by atoms with E-state index in [1.165, 1.54) is 12.1 Å². The molecular formula is C10H12FN3O3. The third kappa shape index (κ3) is 3.72. The quantitative estimate of drug-likeness (QED) is 0.619. The summed E-state index contributed by atoms with van der Waals surface area (Å²) in [4.78, 5) is 21.7. The van der Waals surface area contributed by atoms with Gasteiger partial charge in [-0.3, -0.25) is 0 Å². The van der Waals surface area contributed by atoms with E-state index in [1.54, 1.807) is 0 Å². The molecule has 0 heterocycles. The number of carbonyl (C=O) groups is 2. The Bertz CT molecular complexity index is 437. The number of aromatic carboxylic acids is 1. The smallest absolute Gasteiger partial charge is 0.335 e. The fraction of sp³-hybridized carbons (Fsp3) is 0.200. The number of halogens is 1. The molecule has 0 unspecified atom stereocenters. The number of rotatable bonds is 4. The van der Waals surface area contributed by atoms with Crippen LogP contribution in [0.4, 0.5) is 14.9 Å². The number of amides is 2. The van der Waals surface area contributed by atoms with E-state index in [0.29, 0.717) is 0 Å². The average Bonchev–Trinajstić information content (AvgIpc) is 2.28. The van der Waals surface area contributed by atoms with Gasteiger partial charge < -0.3 is 21.5 Å². The van der Waals surface area contributed by atoms with Crippen molar-refractivity contribution >= 4 is 17.7 Å². The van der Waals surface area contributed by atoms with Crippen LogP contribution in [-0.4, -0.2) is 30.2 Å². The van der Waals surface area contributed by atoms with E-state index >= 15 is 0 Å². The van der Waals surface area contributed by atoms with Gasteiger partial charge >= 0.3 is 12.0 Å². The molecule has 0 bridgehead atoms. The van der Waals surface area contributed by atoms with Gasteiger partial charge in [0.15, 0.2) is 0 Å². The van der Waals surface area contributed by atoms with Crippen molar-refractivity contribution < 1.29 is 19.1 Å². The van der Waals surface area contributed by atoms with Crippen molar-refractivity contribution in [1.29, 1.82) is 0 Å². The molecule has 0 saturated carbocycles. The Hall–Kier alpha value is -2.15. The SMILES string of the molecule is NCCNC(=O)Nc1ccc(C(=O)O)cc1F. The van der Waals surface area contributed by atoms with Crippen LogP contribution in [0.5, 0.6) is 0 Å². The first-order chi connectivity index (χ1) is 8.04. The summed E-state index contributed by atoms with van der Waals surface area (Å²) < 4.78 is 13.4. The van der Waals surface area contributed by atoms with Crippen LogP contribution in [0.3, 0.4) is 0 Å². The maximum absolute atomic E-state index is 13.4. The van der Waals surface area contributed by atoms with E-state index < -0.39 is 17.8 Å². The van der Waals surface area contributed by atoms with Gasteiger partial charge in [-0.2, -0.15) is 0 Å². The van der Waals surface area contributed by atoms with Crippen LogP contribution in [0, 0.1) is 5.82 Å². The molecule has 0 atom stereocenters. The standard InChI is InChI=1S/C10H12FN3O3/c11-7-5-6(9(15)16)1-2-8(7)14-10(17)13-4-3-12/h1-2,5H,3-4,12H2,(H,15,16)(H2,13,14,17). The van der Waals surface area contributed by atoms with Gasteiger partial charge in [0.1, 0.15) is 5.82 Å². The third-order valence-electron chi connectivity index (χ3n) is 1.89. The van der Waals surface area contributed by atoms with Crippen LogP contribution < -0.4 is 16.4 Å². The molecule has 0 saturated heterocycles. The second-order valence-electron chi connectivity index (χ2n) is 3.17. The normalized spacial score (nSPS) is 9.76. The van der Waals surface area contributed by atoms with Crippen molar-refractivity contribution in [1.82, 2.24) is 5.32 Å². The second kappa shape index (κ2) is 5.80. The highest BCUT2D eigenvalue weighted by Crippen LogP contribution is 2.15. The van der Waals surface area contributed by atoms with Crippen molar-refractivity contribution in [2.75, 3.05) is 18.4 Å². The molecule has 1 rings (SSSR count). The van der Waals surface area contributed by atoms with E-state index in [1.807, 2.05) is 0 Å². The lowest BCUT2D eigenvalue weighted by molar-refractivity contribution is 0.0696. The minimum Gasteiger partial charge on any atom is -0.478 e. The lowest BCUT2D eigenvalue weighted by atomic mass is 10.2. The number of hydrogen-bond donors (Lipinski definition) is 4. The highest BCUT2D eigenvalue weighted by molar-refractivity contribution is 5.91. The van der Waals surface area contributed by atoms with Gasteiger partial charge in [0.2, 0.25) is 0 Å². The van der Waals surface area contributed by atoms with E-state index in [-0.39, 0.29) is 24.3 Å². The molecule has 7 heteroatoms. The van der Waals surface area contributed by atoms with Crippen LogP contribution >= 0.6 is 0 Å². The largest absolute Gasteiger partial charge is 0.478 e. The maximum atomic E-state index is 13.4. The Labute approximate surface area is 96.6 Å². The Morgan fingerprint density at radius 3 is 2.65 bits per heavy atom. The van der Waals surface area contributed by atoms with Crippen molar-refractivity contribution in [2.24, 2.45) is 5.73 Å². The number of carboxylic acid groups (broad SMARTS) is 1. The lowest BCUT2D eigenvalue weighted by Gasteiger charge is -2.07. The number of benzene rings is 1. The van der Waals surface area contributed by atoms with Gasteiger partial charge in [-0.15, -0.1) is 0 Å². The molecule has 0 spiro atoms. The average molecular weight is 241 g/mol. The predicted molar refractivity (Wildman–Crippen MR) is 59.4 cm³/mol. The highest BCUT2D eigenvalue weighted by Gasteiger charge is 2.10. The van der Waals surface area contributed by atoms with E-state index in [0.717, 1.165) is 6.07 Å². The van der Waals surface area contributed by atoms with Crippen LogP contribution in [0.1, 0.15) is 10.4 Å². The van der Waals surface area contributed by atoms with E-state index in [2.05, 4.69) is 10.6 Å². The highest BCUT2D eigenvalue weighted by atomic mass is 19.1. The number of nitrogens with two attached hydrogens (primary N) is 1. The number of carboxylic acids is 1. The number of nitrogens with one attached hydrogen (secondary N) is 2. The number of hydrogen-bond acceptors (Lipinski definition) is 3. The molecule has 5 N–H and O–H groups in total. The molecule has 2 amide bonds. The van der Waals surface area contributed by atoms with Crippen LogP contribution in [0.25, 0.3) is 0 Å². The first-order valence-electron chi connectivity index (χ1n) is 4.82. The van der Waals surface area contributed by atoms with Gasteiger partial charge in [0.25, 0.3) is 0 Å². The van der Waals surface area contributed by atoms with Crippen LogP contribution in [0.2, 0.25) is 0 Å². The van der Waals surface area contributed by atoms with Crippen LogP contribution in [0.15, 0.2) is 18.2 Å². The molecular weight excluding hydrogens is 229 g/mol. The Kier molecular flexibility index (Phi) is 4.41. The van der Waals surface area contributed by atoms with Gasteiger partial charge in [-0.05, 0) is 18.2 Å². The molecule has 0 aliphatic heterocycles. The Morgan fingerprint density at radius 1 is 1.41 bits per heavy atom. The molecule has 0 aliphatic carbocycles. The molecule has 6 nitrogen and oxygen atoms in total. The molecule has 1 aromatic rings. The topological polar surface area (TPSA) is 104 Å².